The molecule has 2 rings (SSSR count). The minimum Gasteiger partial charge on any atom is -0.494 e. The summed E-state index contributed by atoms with van der Waals surface area (Å²) in [6.45, 7) is 3.48. The third-order valence-corrected chi connectivity index (χ3v) is 3.81. The molecular formula is C16H24FNO3. The van der Waals surface area contributed by atoms with Gasteiger partial charge in [-0.25, -0.2) is 4.39 Å². The fourth-order valence-corrected chi connectivity index (χ4v) is 2.62. The van der Waals surface area contributed by atoms with E-state index in [0.717, 1.165) is 38.0 Å². The molecule has 1 heterocycles. The van der Waals surface area contributed by atoms with Crippen molar-refractivity contribution < 1.29 is 19.0 Å². The van der Waals surface area contributed by atoms with Crippen molar-refractivity contribution in [2.24, 2.45) is 0 Å². The SMILES string of the molecule is COc1ccc(CN2CCC(OCCCO)CC2)cc1F. The second kappa shape index (κ2) is 8.32. The second-order valence-electron chi connectivity index (χ2n) is 5.39. The Labute approximate surface area is 125 Å². The zero-order valence-electron chi connectivity index (χ0n) is 12.6. The van der Waals surface area contributed by atoms with Crippen molar-refractivity contribution in [3.8, 4) is 5.75 Å². The van der Waals surface area contributed by atoms with Crippen LogP contribution in [0.25, 0.3) is 0 Å². The van der Waals surface area contributed by atoms with E-state index in [4.69, 9.17) is 14.6 Å². The zero-order valence-corrected chi connectivity index (χ0v) is 12.6. The largest absolute Gasteiger partial charge is 0.494 e. The van der Waals surface area contributed by atoms with Crippen molar-refractivity contribution in [2.75, 3.05) is 33.4 Å². The molecule has 0 unspecified atom stereocenters. The van der Waals surface area contributed by atoms with Crippen LogP contribution >= 0.6 is 0 Å². The Morgan fingerprint density at radius 2 is 2.10 bits per heavy atom. The van der Waals surface area contributed by atoms with Crippen LogP contribution in [0.3, 0.4) is 0 Å². The number of ether oxygens (including phenoxy) is 2. The minimum absolute atomic E-state index is 0.182. The number of benzene rings is 1. The number of likely N-dealkylation sites (tertiary alicyclic amines) is 1. The molecule has 1 fully saturated rings. The lowest BCUT2D eigenvalue weighted by atomic mass is 10.1. The fraction of sp³-hybridized carbons (Fsp3) is 0.625. The molecule has 21 heavy (non-hydrogen) atoms. The summed E-state index contributed by atoms with van der Waals surface area (Å²) in [5.41, 5.74) is 0.966. The maximum absolute atomic E-state index is 13.7. The van der Waals surface area contributed by atoms with E-state index in [1.807, 2.05) is 6.07 Å². The maximum Gasteiger partial charge on any atom is 0.165 e. The molecule has 118 valence electrons. The number of methoxy groups -OCH3 is 1. The van der Waals surface area contributed by atoms with E-state index in [1.54, 1.807) is 12.1 Å². The van der Waals surface area contributed by atoms with Gasteiger partial charge in [0.15, 0.2) is 11.6 Å². The normalized spacial score (nSPS) is 17.1. The van der Waals surface area contributed by atoms with Gasteiger partial charge in [0.1, 0.15) is 0 Å². The van der Waals surface area contributed by atoms with Gasteiger partial charge in [-0.3, -0.25) is 4.90 Å². The molecule has 5 heteroatoms. The molecule has 1 N–H and O–H groups in total. The molecule has 0 aliphatic carbocycles. The molecule has 0 radical (unpaired) electrons. The van der Waals surface area contributed by atoms with Crippen LogP contribution in [-0.2, 0) is 11.3 Å². The third kappa shape index (κ3) is 4.95. The van der Waals surface area contributed by atoms with Gasteiger partial charge in [0, 0.05) is 32.8 Å². The van der Waals surface area contributed by atoms with Gasteiger partial charge in [-0.05, 0) is 37.0 Å². The first-order chi connectivity index (χ1) is 10.2. The Morgan fingerprint density at radius 3 is 2.71 bits per heavy atom. The number of hydrogen-bond acceptors (Lipinski definition) is 4. The van der Waals surface area contributed by atoms with E-state index >= 15 is 0 Å². The number of piperidine rings is 1. The summed E-state index contributed by atoms with van der Waals surface area (Å²) in [4.78, 5) is 2.31. The van der Waals surface area contributed by atoms with Crippen LogP contribution in [-0.4, -0.2) is 49.5 Å². The number of nitrogens with zero attached hydrogens (tertiary/aromatic N) is 1. The molecule has 0 amide bonds. The molecule has 0 aromatic heterocycles. The van der Waals surface area contributed by atoms with Crippen LogP contribution in [0.2, 0.25) is 0 Å². The Balaban J connectivity index is 1.77. The van der Waals surface area contributed by atoms with Crippen molar-refractivity contribution in [2.45, 2.75) is 31.9 Å². The smallest absolute Gasteiger partial charge is 0.165 e. The van der Waals surface area contributed by atoms with Crippen molar-refractivity contribution >= 4 is 0 Å². The van der Waals surface area contributed by atoms with Gasteiger partial charge in [-0.15, -0.1) is 0 Å². The van der Waals surface area contributed by atoms with Gasteiger partial charge in [0.05, 0.1) is 13.2 Å². The standard InChI is InChI=1S/C16H24FNO3/c1-20-16-4-3-13(11-15(16)17)12-18-7-5-14(6-8-18)21-10-2-9-19/h3-4,11,14,19H,2,5-10,12H2,1H3. The van der Waals surface area contributed by atoms with E-state index in [0.29, 0.717) is 19.1 Å². The number of rotatable bonds is 7. The van der Waals surface area contributed by atoms with E-state index in [2.05, 4.69) is 4.90 Å². The maximum atomic E-state index is 13.7. The Bertz CT molecular complexity index is 434. The fourth-order valence-electron chi connectivity index (χ4n) is 2.62. The van der Waals surface area contributed by atoms with Crippen LogP contribution in [0.15, 0.2) is 18.2 Å². The van der Waals surface area contributed by atoms with E-state index in [9.17, 15) is 4.39 Å². The highest BCUT2D eigenvalue weighted by atomic mass is 19.1. The molecule has 1 aromatic carbocycles. The van der Waals surface area contributed by atoms with Gasteiger partial charge in [-0.1, -0.05) is 6.07 Å². The summed E-state index contributed by atoms with van der Waals surface area (Å²) in [6.07, 6.45) is 2.97. The summed E-state index contributed by atoms with van der Waals surface area (Å²) >= 11 is 0. The molecule has 4 nitrogen and oxygen atoms in total. The van der Waals surface area contributed by atoms with E-state index in [-0.39, 0.29) is 18.2 Å². The lowest BCUT2D eigenvalue weighted by Gasteiger charge is -2.32. The topological polar surface area (TPSA) is 41.9 Å². The first kappa shape index (κ1) is 16.2. The van der Waals surface area contributed by atoms with Gasteiger partial charge >= 0.3 is 0 Å². The average molecular weight is 297 g/mol. The highest BCUT2D eigenvalue weighted by Gasteiger charge is 2.19. The van der Waals surface area contributed by atoms with Crippen molar-refractivity contribution in [1.82, 2.24) is 4.90 Å². The molecule has 0 atom stereocenters. The van der Waals surface area contributed by atoms with Gasteiger partial charge in [0.2, 0.25) is 0 Å². The molecular weight excluding hydrogens is 273 g/mol. The highest BCUT2D eigenvalue weighted by Crippen LogP contribution is 2.21. The second-order valence-corrected chi connectivity index (χ2v) is 5.39. The molecule has 1 aromatic rings. The van der Waals surface area contributed by atoms with Gasteiger partial charge < -0.3 is 14.6 Å². The minimum atomic E-state index is -0.308. The Kier molecular flexibility index (Phi) is 6.42. The van der Waals surface area contributed by atoms with Crippen LogP contribution in [0.4, 0.5) is 4.39 Å². The monoisotopic (exact) mass is 297 g/mol. The Hall–Kier alpha value is -1.17. The molecule has 0 saturated carbocycles. The average Bonchev–Trinajstić information content (AvgIpc) is 2.49. The predicted molar refractivity (Wildman–Crippen MR) is 78.9 cm³/mol. The summed E-state index contributed by atoms with van der Waals surface area (Å²) in [5, 5.41) is 8.73. The quantitative estimate of drug-likeness (QED) is 0.784. The summed E-state index contributed by atoms with van der Waals surface area (Å²) in [6, 6.07) is 5.13. The predicted octanol–water partition coefficient (Wildman–Crippen LogP) is 2.20. The number of aliphatic hydroxyl groups is 1. The first-order valence-corrected chi connectivity index (χ1v) is 7.50. The van der Waals surface area contributed by atoms with Crippen molar-refractivity contribution in [3.63, 3.8) is 0 Å². The van der Waals surface area contributed by atoms with Gasteiger partial charge in [-0.2, -0.15) is 0 Å². The number of hydrogen-bond donors (Lipinski definition) is 1. The van der Waals surface area contributed by atoms with Crippen LogP contribution in [0.5, 0.6) is 5.75 Å². The lowest BCUT2D eigenvalue weighted by molar-refractivity contribution is 0.000769. The molecule has 1 saturated heterocycles. The summed E-state index contributed by atoms with van der Waals surface area (Å²) in [5.74, 6) is -0.0213. The van der Waals surface area contributed by atoms with Crippen LogP contribution in [0.1, 0.15) is 24.8 Å². The zero-order chi connectivity index (χ0) is 15.1. The number of aliphatic hydroxyl groups excluding tert-OH is 1. The molecule has 1 aliphatic rings. The van der Waals surface area contributed by atoms with Crippen molar-refractivity contribution in [1.29, 1.82) is 0 Å². The van der Waals surface area contributed by atoms with Crippen LogP contribution in [0, 0.1) is 5.82 Å². The number of halogens is 1. The van der Waals surface area contributed by atoms with E-state index in [1.165, 1.54) is 7.11 Å². The highest BCUT2D eigenvalue weighted by molar-refractivity contribution is 5.29. The lowest BCUT2D eigenvalue weighted by Crippen LogP contribution is -2.36. The third-order valence-electron chi connectivity index (χ3n) is 3.81. The molecule has 1 aliphatic heterocycles. The van der Waals surface area contributed by atoms with E-state index < -0.39 is 0 Å². The van der Waals surface area contributed by atoms with Crippen LogP contribution < -0.4 is 4.74 Å². The van der Waals surface area contributed by atoms with Crippen molar-refractivity contribution in [3.05, 3.63) is 29.6 Å². The molecule has 0 spiro atoms. The molecule has 0 bridgehead atoms. The summed E-state index contributed by atoms with van der Waals surface area (Å²) < 4.78 is 24.3. The Morgan fingerprint density at radius 1 is 1.33 bits per heavy atom. The first-order valence-electron chi connectivity index (χ1n) is 7.50. The van der Waals surface area contributed by atoms with Gasteiger partial charge in [0.25, 0.3) is 0 Å². The summed E-state index contributed by atoms with van der Waals surface area (Å²) in [7, 11) is 1.47.